The zero-order valence-corrected chi connectivity index (χ0v) is 16.9. The van der Waals surface area contributed by atoms with Crippen LogP contribution in [-0.4, -0.2) is 32.8 Å². The number of sulfone groups is 1. The van der Waals surface area contributed by atoms with Gasteiger partial charge in [0.25, 0.3) is 0 Å². The molecule has 7 heteroatoms. The summed E-state index contributed by atoms with van der Waals surface area (Å²) in [4.78, 5) is 13.3. The van der Waals surface area contributed by atoms with E-state index in [2.05, 4.69) is 0 Å². The molecule has 1 heterocycles. The van der Waals surface area contributed by atoms with Crippen LogP contribution in [0.3, 0.4) is 0 Å². The van der Waals surface area contributed by atoms with Crippen molar-refractivity contribution in [2.75, 3.05) is 18.6 Å². The molecule has 0 fully saturated rings. The zero-order valence-electron chi connectivity index (χ0n) is 14.5. The monoisotopic (exact) mass is 420 g/mol. The number of hydrogen-bond acceptors (Lipinski definition) is 5. The summed E-state index contributed by atoms with van der Waals surface area (Å²) in [6.07, 6.45) is 4.51. The Bertz CT molecular complexity index is 1020. The van der Waals surface area contributed by atoms with Crippen LogP contribution in [0.15, 0.2) is 58.3 Å². The molecule has 0 unspecified atom stereocenters. The van der Waals surface area contributed by atoms with Gasteiger partial charge in [0.1, 0.15) is 11.5 Å². The van der Waals surface area contributed by atoms with Crippen LogP contribution in [0.25, 0.3) is 12.2 Å². The second-order valence-corrected chi connectivity index (χ2v) is 9.41. The van der Waals surface area contributed by atoms with Gasteiger partial charge in [0.05, 0.1) is 12.0 Å². The summed E-state index contributed by atoms with van der Waals surface area (Å²) in [5.41, 5.74) is 1.59. The molecule has 0 aliphatic carbocycles. The van der Waals surface area contributed by atoms with Crippen molar-refractivity contribution >= 4 is 51.1 Å². The Labute approximate surface area is 167 Å². The van der Waals surface area contributed by atoms with Gasteiger partial charge in [-0.05, 0) is 47.5 Å². The molecule has 2 aromatic rings. The summed E-state index contributed by atoms with van der Waals surface area (Å²) in [7, 11) is -2.09. The normalized spacial score (nSPS) is 13.9. The highest BCUT2D eigenvalue weighted by molar-refractivity contribution is 8.02. The number of rotatable bonds is 6. The Morgan fingerprint density at radius 3 is 2.67 bits per heavy atom. The number of fused-ring (bicyclic) bond motifs is 1. The third-order valence-corrected chi connectivity index (χ3v) is 7.23. The molecule has 2 aromatic carbocycles. The molecule has 140 valence electrons. The van der Waals surface area contributed by atoms with Gasteiger partial charge in [-0.2, -0.15) is 0 Å². The van der Waals surface area contributed by atoms with E-state index in [1.807, 2.05) is 6.07 Å². The molecular formula is C20H17ClO4S2. The van der Waals surface area contributed by atoms with Crippen molar-refractivity contribution in [3.8, 4) is 5.75 Å². The van der Waals surface area contributed by atoms with Gasteiger partial charge < -0.3 is 4.74 Å². The molecular weight excluding hydrogens is 404 g/mol. The minimum Gasteiger partial charge on any atom is -0.497 e. The Kier molecular flexibility index (Phi) is 6.09. The Morgan fingerprint density at radius 1 is 1.22 bits per heavy atom. The van der Waals surface area contributed by atoms with Gasteiger partial charge in [-0.1, -0.05) is 35.9 Å². The van der Waals surface area contributed by atoms with Crippen LogP contribution >= 0.6 is 23.4 Å². The van der Waals surface area contributed by atoms with E-state index in [9.17, 15) is 13.2 Å². The van der Waals surface area contributed by atoms with E-state index in [4.69, 9.17) is 16.3 Å². The number of methoxy groups -OCH3 is 1. The molecule has 1 aliphatic heterocycles. The second kappa shape index (κ2) is 8.33. The first-order valence-electron chi connectivity index (χ1n) is 8.08. The van der Waals surface area contributed by atoms with E-state index >= 15 is 0 Å². The summed E-state index contributed by atoms with van der Waals surface area (Å²) < 4.78 is 30.3. The minimum absolute atomic E-state index is 0.258. The Morgan fingerprint density at radius 2 is 1.96 bits per heavy atom. The van der Waals surface area contributed by atoms with E-state index in [1.165, 1.54) is 17.8 Å². The van der Waals surface area contributed by atoms with Crippen molar-refractivity contribution in [2.45, 2.75) is 4.90 Å². The fourth-order valence-corrected chi connectivity index (χ4v) is 5.51. The van der Waals surface area contributed by atoms with Crippen LogP contribution in [-0.2, 0) is 14.6 Å². The number of ketones is 1. The van der Waals surface area contributed by atoms with Gasteiger partial charge in [-0.25, -0.2) is 8.42 Å². The number of carbonyl (C=O) groups excluding carboxylic acids is 1. The third-order valence-electron chi connectivity index (χ3n) is 3.97. The maximum Gasteiger partial charge on any atom is 0.182 e. The van der Waals surface area contributed by atoms with Gasteiger partial charge in [0.2, 0.25) is 0 Å². The molecule has 0 N–H and O–H groups in total. The average Bonchev–Trinajstić information content (AvgIpc) is 2.66. The van der Waals surface area contributed by atoms with Crippen molar-refractivity contribution in [1.29, 1.82) is 0 Å². The number of allylic oxidation sites excluding steroid dienone is 1. The number of hydrogen-bond donors (Lipinski definition) is 0. The highest BCUT2D eigenvalue weighted by atomic mass is 35.5. The predicted octanol–water partition coefficient (Wildman–Crippen LogP) is 4.49. The quantitative estimate of drug-likeness (QED) is 0.644. The summed E-state index contributed by atoms with van der Waals surface area (Å²) in [5.74, 6) is 0.00288. The molecule has 0 bridgehead atoms. The van der Waals surface area contributed by atoms with Gasteiger partial charge in [-0.3, -0.25) is 4.79 Å². The largest absolute Gasteiger partial charge is 0.497 e. The highest BCUT2D eigenvalue weighted by Crippen LogP contribution is 2.35. The molecule has 0 saturated heterocycles. The lowest BCUT2D eigenvalue weighted by Gasteiger charge is -2.16. The molecule has 0 amide bonds. The smallest absolute Gasteiger partial charge is 0.182 e. The molecule has 0 atom stereocenters. The van der Waals surface area contributed by atoms with Crippen molar-refractivity contribution in [2.24, 2.45) is 0 Å². The summed E-state index contributed by atoms with van der Waals surface area (Å²) in [5, 5.41) is 0.611. The zero-order chi connectivity index (χ0) is 19.4. The molecule has 0 spiro atoms. The summed E-state index contributed by atoms with van der Waals surface area (Å²) in [6.45, 7) is 0. The summed E-state index contributed by atoms with van der Waals surface area (Å²) >= 11 is 7.37. The topological polar surface area (TPSA) is 60.4 Å². The number of thioether (sulfide) groups is 1. The van der Waals surface area contributed by atoms with Crippen LogP contribution in [0.4, 0.5) is 0 Å². The maximum absolute atomic E-state index is 12.6. The Balaban J connectivity index is 1.71. The lowest BCUT2D eigenvalue weighted by atomic mass is 10.2. The van der Waals surface area contributed by atoms with E-state index in [1.54, 1.807) is 55.7 Å². The van der Waals surface area contributed by atoms with Gasteiger partial charge >= 0.3 is 0 Å². The molecule has 0 radical (unpaired) electrons. The van der Waals surface area contributed by atoms with E-state index < -0.39 is 21.4 Å². The first kappa shape index (κ1) is 19.7. The average molecular weight is 421 g/mol. The number of ether oxygens (including phenoxy) is 1. The highest BCUT2D eigenvalue weighted by Gasteiger charge is 2.24. The van der Waals surface area contributed by atoms with Crippen LogP contribution < -0.4 is 4.74 Å². The van der Waals surface area contributed by atoms with Crippen LogP contribution in [0.1, 0.15) is 11.1 Å². The fraction of sp³-hybridized carbons (Fsp3) is 0.150. The molecule has 27 heavy (non-hydrogen) atoms. The lowest BCUT2D eigenvalue weighted by molar-refractivity contribution is -0.112. The summed E-state index contributed by atoms with van der Waals surface area (Å²) in [6, 6.07) is 12.4. The lowest BCUT2D eigenvalue weighted by Crippen LogP contribution is -2.18. The molecule has 0 aromatic heterocycles. The Hall–Kier alpha value is -2.02. The van der Waals surface area contributed by atoms with Crippen molar-refractivity contribution in [3.63, 3.8) is 0 Å². The molecule has 3 rings (SSSR count). The van der Waals surface area contributed by atoms with Crippen LogP contribution in [0.5, 0.6) is 5.75 Å². The van der Waals surface area contributed by atoms with Crippen LogP contribution in [0, 0.1) is 0 Å². The third kappa shape index (κ3) is 5.03. The first-order valence-corrected chi connectivity index (χ1v) is 11.1. The van der Waals surface area contributed by atoms with Gasteiger partial charge in [-0.15, -0.1) is 11.8 Å². The van der Waals surface area contributed by atoms with Gasteiger partial charge in [0, 0.05) is 15.7 Å². The van der Waals surface area contributed by atoms with Crippen molar-refractivity contribution in [3.05, 3.63) is 69.6 Å². The SMILES string of the molecule is COc1ccc(/C=C/C(=O)CS(=O)(=O)C2=Cc3ccc(Cl)cc3SC2)cc1. The first-order chi connectivity index (χ1) is 12.9. The van der Waals surface area contributed by atoms with Crippen molar-refractivity contribution in [1.82, 2.24) is 0 Å². The standard InChI is InChI=1S/C20H17ClO4S2/c1-25-18-8-3-14(4-9-18)2-7-17(22)13-27(23,24)19-10-15-5-6-16(21)11-20(15)26-12-19/h2-11H,12-13H2,1H3/b7-2+. The van der Waals surface area contributed by atoms with E-state index in [0.717, 1.165) is 16.0 Å². The fourth-order valence-electron chi connectivity index (χ4n) is 2.53. The van der Waals surface area contributed by atoms with Crippen LogP contribution in [0.2, 0.25) is 5.02 Å². The van der Waals surface area contributed by atoms with E-state index in [0.29, 0.717) is 16.5 Å². The number of benzene rings is 2. The maximum atomic E-state index is 12.6. The number of halogens is 1. The molecule has 0 saturated carbocycles. The predicted molar refractivity (Wildman–Crippen MR) is 111 cm³/mol. The second-order valence-electron chi connectivity index (χ2n) is 5.91. The van der Waals surface area contributed by atoms with E-state index in [-0.39, 0.29) is 4.91 Å². The molecule has 4 nitrogen and oxygen atoms in total. The minimum atomic E-state index is -3.66. The van der Waals surface area contributed by atoms with Crippen molar-refractivity contribution < 1.29 is 17.9 Å². The number of carbonyl (C=O) groups is 1. The molecule has 1 aliphatic rings. The van der Waals surface area contributed by atoms with Gasteiger partial charge in [0.15, 0.2) is 15.6 Å².